The van der Waals surface area contributed by atoms with Crippen molar-refractivity contribution >= 4 is 13.7 Å². The number of quaternary nitrogens is 1. The predicted molar refractivity (Wildman–Crippen MR) is 298 cm³/mol. The molecule has 0 aliphatic carbocycles. The van der Waals surface area contributed by atoms with Gasteiger partial charge in [-0.1, -0.05) is 262 Å². The second-order valence-electron chi connectivity index (χ2n) is 21.7. The highest BCUT2D eigenvalue weighted by Gasteiger charge is 2.23. The fourth-order valence-electron chi connectivity index (χ4n) is 8.87. The Morgan fingerprint density at radius 3 is 1.17 bits per heavy atom. The van der Waals surface area contributed by atoms with Crippen LogP contribution in [0.15, 0.2) is 36.5 Å². The maximum atomic E-state index is 13.0. The van der Waals surface area contributed by atoms with E-state index in [1.165, 1.54) is 231 Å². The Morgan fingerprint density at radius 2 is 0.812 bits per heavy atom. The molecule has 1 amide bonds. The van der Waals surface area contributed by atoms with E-state index in [9.17, 15) is 19.4 Å². The van der Waals surface area contributed by atoms with Crippen LogP contribution < -0.4 is 10.2 Å². The number of nitrogens with one attached hydrogen (secondary N) is 1. The first-order valence-corrected chi connectivity index (χ1v) is 31.3. The Kier molecular flexibility index (Phi) is 50.7. The van der Waals surface area contributed by atoms with Crippen molar-refractivity contribution in [1.82, 2.24) is 5.32 Å². The monoisotopic (exact) mass is 993 g/mol. The molecule has 0 spiro atoms. The van der Waals surface area contributed by atoms with Gasteiger partial charge in [0, 0.05) is 6.42 Å². The number of hydrogen-bond acceptors (Lipinski definition) is 6. The van der Waals surface area contributed by atoms with E-state index in [1.807, 2.05) is 27.2 Å². The molecule has 0 aromatic carbocycles. The van der Waals surface area contributed by atoms with Gasteiger partial charge in [-0.25, -0.2) is 0 Å². The smallest absolute Gasteiger partial charge is 0.268 e. The third kappa shape index (κ3) is 54.3. The summed E-state index contributed by atoms with van der Waals surface area (Å²) >= 11 is 0. The van der Waals surface area contributed by atoms with Gasteiger partial charge in [0.25, 0.3) is 7.82 Å². The van der Waals surface area contributed by atoms with Crippen LogP contribution in [0, 0.1) is 0 Å². The van der Waals surface area contributed by atoms with Crippen LogP contribution >= 0.6 is 7.82 Å². The van der Waals surface area contributed by atoms with Crippen molar-refractivity contribution in [3.8, 4) is 0 Å². The van der Waals surface area contributed by atoms with Gasteiger partial charge in [-0.15, -0.1) is 0 Å². The quantitative estimate of drug-likeness (QED) is 0.0272. The highest BCUT2D eigenvalue weighted by Crippen LogP contribution is 2.38. The number of aliphatic hydroxyl groups is 1. The Labute approximate surface area is 429 Å². The number of hydrogen-bond donors (Lipinski definition) is 2. The van der Waals surface area contributed by atoms with Crippen molar-refractivity contribution in [3.63, 3.8) is 0 Å². The molecule has 0 fully saturated rings. The Hall–Kier alpha value is -1.28. The van der Waals surface area contributed by atoms with Crippen LogP contribution in [0.1, 0.15) is 290 Å². The van der Waals surface area contributed by atoms with Gasteiger partial charge in [0.15, 0.2) is 0 Å². The van der Waals surface area contributed by atoms with Gasteiger partial charge in [0.2, 0.25) is 5.91 Å². The van der Waals surface area contributed by atoms with Gasteiger partial charge in [0.1, 0.15) is 13.2 Å². The highest BCUT2D eigenvalue weighted by atomic mass is 31.2. The maximum absolute atomic E-state index is 13.0. The molecule has 0 saturated heterocycles. The maximum Gasteiger partial charge on any atom is 0.268 e. The van der Waals surface area contributed by atoms with Crippen molar-refractivity contribution < 1.29 is 32.9 Å². The zero-order chi connectivity index (χ0) is 50.6. The third-order valence-corrected chi connectivity index (χ3v) is 14.5. The van der Waals surface area contributed by atoms with Crippen molar-refractivity contribution in [1.29, 1.82) is 0 Å². The van der Waals surface area contributed by atoms with Gasteiger partial charge < -0.3 is 28.8 Å². The summed E-state index contributed by atoms with van der Waals surface area (Å²) in [4.78, 5) is 25.5. The molecule has 0 rings (SSSR count). The van der Waals surface area contributed by atoms with Crippen LogP contribution in [-0.4, -0.2) is 68.5 Å². The summed E-state index contributed by atoms with van der Waals surface area (Å²) < 4.78 is 23.3. The molecule has 2 N–H and O–H groups in total. The number of nitrogens with zero attached hydrogens (tertiary/aromatic N) is 1. The summed E-state index contributed by atoms with van der Waals surface area (Å²) in [5.41, 5.74) is 0. The first kappa shape index (κ1) is 67.7. The van der Waals surface area contributed by atoms with Crippen LogP contribution in [0.25, 0.3) is 0 Å². The summed E-state index contributed by atoms with van der Waals surface area (Å²) in [5.74, 6) is -0.204. The van der Waals surface area contributed by atoms with Crippen LogP contribution in [0.3, 0.4) is 0 Å². The van der Waals surface area contributed by atoms with E-state index < -0.39 is 26.6 Å². The largest absolute Gasteiger partial charge is 0.756 e. The van der Waals surface area contributed by atoms with Gasteiger partial charge in [-0.3, -0.25) is 9.36 Å². The highest BCUT2D eigenvalue weighted by molar-refractivity contribution is 7.45. The van der Waals surface area contributed by atoms with E-state index in [2.05, 4.69) is 43.5 Å². The fraction of sp³-hybridized carbons (Fsp3) is 0.883. The van der Waals surface area contributed by atoms with Gasteiger partial charge in [-0.05, 0) is 57.8 Å². The molecule has 0 aromatic rings. The molecule has 3 unspecified atom stereocenters. The van der Waals surface area contributed by atoms with Crippen LogP contribution in [0.4, 0.5) is 0 Å². The van der Waals surface area contributed by atoms with E-state index in [0.29, 0.717) is 17.4 Å². The second kappa shape index (κ2) is 51.6. The van der Waals surface area contributed by atoms with Crippen molar-refractivity contribution in [2.24, 2.45) is 0 Å². The molecule has 0 saturated carbocycles. The molecule has 0 aliphatic rings. The predicted octanol–water partition coefficient (Wildman–Crippen LogP) is 17.5. The van der Waals surface area contributed by atoms with Crippen molar-refractivity contribution in [2.45, 2.75) is 302 Å². The SMILES string of the molecule is CCCCCCCCCCCCC/C=C/CC/C=C/C(O)C(COP(=O)([O-])OCC[N+](C)(C)C)NC(=O)CCCCCCCCCCCCCCCC/C=C\CCCCCCCCCCCCCC. The number of allylic oxidation sites excluding steroid dienone is 5. The minimum Gasteiger partial charge on any atom is -0.756 e. The summed E-state index contributed by atoms with van der Waals surface area (Å²) in [7, 11) is 1.25. The summed E-state index contributed by atoms with van der Waals surface area (Å²) in [6, 6.07) is -0.902. The van der Waals surface area contributed by atoms with Gasteiger partial charge in [0.05, 0.1) is 39.9 Å². The number of phosphoric acid groups is 1. The number of likely N-dealkylation sites (N-methyl/N-ethyl adjacent to an activating group) is 1. The first-order valence-electron chi connectivity index (χ1n) is 29.9. The summed E-state index contributed by atoms with van der Waals surface area (Å²) in [5, 5.41) is 13.9. The van der Waals surface area contributed by atoms with E-state index in [-0.39, 0.29) is 12.5 Å². The van der Waals surface area contributed by atoms with E-state index >= 15 is 0 Å². The zero-order valence-electron chi connectivity index (χ0n) is 46.5. The number of amides is 1. The molecule has 3 atom stereocenters. The molecule has 0 aromatic heterocycles. The van der Waals surface area contributed by atoms with Crippen molar-refractivity contribution in [2.75, 3.05) is 40.9 Å². The zero-order valence-corrected chi connectivity index (χ0v) is 47.4. The second-order valence-corrected chi connectivity index (χ2v) is 23.1. The molecule has 69 heavy (non-hydrogen) atoms. The third-order valence-electron chi connectivity index (χ3n) is 13.6. The number of unbranched alkanes of at least 4 members (excludes halogenated alkanes) is 38. The lowest BCUT2D eigenvalue weighted by molar-refractivity contribution is -0.870. The average molecular weight is 994 g/mol. The molecule has 8 nitrogen and oxygen atoms in total. The number of rotatable bonds is 55. The normalized spacial score (nSPS) is 14.1. The Balaban J connectivity index is 4.12. The number of phosphoric ester groups is 1. The molecule has 0 aliphatic heterocycles. The lowest BCUT2D eigenvalue weighted by Crippen LogP contribution is -2.45. The van der Waals surface area contributed by atoms with E-state index in [0.717, 1.165) is 38.5 Å². The standard InChI is InChI=1S/C60H117N2O6P/c1-6-8-10-12-14-16-18-20-22-24-25-26-27-28-29-30-31-32-33-34-35-36-38-40-42-44-46-48-50-52-54-60(64)61-58(57-68-69(65,66)67-56-55-62(3,4)5)59(63)53-51-49-47-45-43-41-39-37-23-21-19-17-15-13-11-9-7-2/h28-29,43,45,51,53,58-59,63H,6-27,30-42,44,46-50,52,54-57H2,1-5H3,(H-,61,64,65,66)/b29-28-,45-43+,53-51+. The number of carbonyl (C=O) groups excluding carboxylic acids is 1. The molecular formula is C60H117N2O6P. The molecule has 408 valence electrons. The fourth-order valence-corrected chi connectivity index (χ4v) is 9.60. The average Bonchev–Trinajstić information content (AvgIpc) is 3.31. The van der Waals surface area contributed by atoms with Crippen LogP contribution in [-0.2, 0) is 18.4 Å². The lowest BCUT2D eigenvalue weighted by atomic mass is 10.0. The van der Waals surface area contributed by atoms with Crippen LogP contribution in [0.2, 0.25) is 0 Å². The molecule has 9 heteroatoms. The van der Waals surface area contributed by atoms with Gasteiger partial charge >= 0.3 is 0 Å². The molecule has 0 heterocycles. The number of carbonyl (C=O) groups is 1. The molecule has 0 radical (unpaired) electrons. The van der Waals surface area contributed by atoms with Gasteiger partial charge in [-0.2, -0.15) is 0 Å². The van der Waals surface area contributed by atoms with Crippen molar-refractivity contribution in [3.05, 3.63) is 36.5 Å². The van der Waals surface area contributed by atoms with E-state index in [4.69, 9.17) is 9.05 Å². The minimum atomic E-state index is -4.60. The lowest BCUT2D eigenvalue weighted by Gasteiger charge is -2.29. The Morgan fingerprint density at radius 1 is 0.493 bits per heavy atom. The van der Waals surface area contributed by atoms with Crippen LogP contribution in [0.5, 0.6) is 0 Å². The summed E-state index contributed by atoms with van der Waals surface area (Å²) in [6.45, 7) is 4.66. The topological polar surface area (TPSA) is 108 Å². The molecule has 0 bridgehead atoms. The minimum absolute atomic E-state index is 0.00529. The summed E-state index contributed by atoms with van der Waals surface area (Å²) in [6.07, 6.45) is 66.7. The Bertz CT molecular complexity index is 1220. The molecular weight excluding hydrogens is 876 g/mol. The number of aliphatic hydroxyl groups excluding tert-OH is 1. The first-order chi connectivity index (χ1) is 33.5. The van der Waals surface area contributed by atoms with E-state index in [1.54, 1.807) is 6.08 Å².